The Morgan fingerprint density at radius 2 is 1.81 bits per heavy atom. The highest BCUT2D eigenvalue weighted by molar-refractivity contribution is 6.35. The van der Waals surface area contributed by atoms with Crippen LogP contribution >= 0.6 is 23.2 Å². The Bertz CT molecular complexity index is 468. The third-order valence-corrected chi connectivity index (χ3v) is 5.60. The van der Waals surface area contributed by atoms with Crippen LogP contribution in [-0.4, -0.2) is 34.7 Å². The molecule has 1 saturated heterocycles. The normalized spacial score (nSPS) is 18.1. The number of nitrogens with zero attached hydrogens (tertiary/aromatic N) is 1. The van der Waals surface area contributed by atoms with Gasteiger partial charge in [0.05, 0.1) is 6.10 Å². The Balaban J connectivity index is 2.20. The molecule has 1 aromatic carbocycles. The summed E-state index contributed by atoms with van der Waals surface area (Å²) in [4.78, 5) is 2.47. The predicted molar refractivity (Wildman–Crippen MR) is 90.3 cm³/mol. The molecule has 0 radical (unpaired) electrons. The summed E-state index contributed by atoms with van der Waals surface area (Å²) in [6.45, 7) is 6.53. The summed E-state index contributed by atoms with van der Waals surface area (Å²) in [7, 11) is 0. The molecule has 1 N–H and O–H groups in total. The summed E-state index contributed by atoms with van der Waals surface area (Å²) in [5.41, 5.74) is 0.832. The van der Waals surface area contributed by atoms with Crippen LogP contribution in [0.1, 0.15) is 45.1 Å². The minimum absolute atomic E-state index is 0.139. The molecule has 21 heavy (non-hydrogen) atoms. The van der Waals surface area contributed by atoms with E-state index in [9.17, 15) is 5.11 Å². The quantitative estimate of drug-likeness (QED) is 0.827. The number of aliphatic hydroxyl groups excluding tert-OH is 1. The van der Waals surface area contributed by atoms with Gasteiger partial charge in [0.1, 0.15) is 0 Å². The van der Waals surface area contributed by atoms with E-state index in [0.29, 0.717) is 16.5 Å². The van der Waals surface area contributed by atoms with Crippen molar-refractivity contribution in [2.45, 2.75) is 57.6 Å². The first-order valence-electron chi connectivity index (χ1n) is 7.90. The highest BCUT2D eigenvalue weighted by atomic mass is 35.5. The lowest BCUT2D eigenvalue weighted by molar-refractivity contribution is -0.0269. The molecule has 2 rings (SSSR count). The molecule has 0 bridgehead atoms. The Morgan fingerprint density at radius 3 is 2.33 bits per heavy atom. The number of hydrogen-bond donors (Lipinski definition) is 1. The lowest BCUT2D eigenvalue weighted by Crippen LogP contribution is -2.55. The molecule has 0 aliphatic carbocycles. The zero-order chi connectivity index (χ0) is 15.5. The summed E-state index contributed by atoms with van der Waals surface area (Å²) in [6, 6.07) is 5.51. The molecule has 1 aromatic rings. The number of likely N-dealkylation sites (tertiary alicyclic amines) is 1. The molecule has 118 valence electrons. The van der Waals surface area contributed by atoms with Gasteiger partial charge in [-0.15, -0.1) is 0 Å². The van der Waals surface area contributed by atoms with Crippen molar-refractivity contribution in [2.24, 2.45) is 0 Å². The van der Waals surface area contributed by atoms with E-state index < -0.39 is 6.10 Å². The van der Waals surface area contributed by atoms with Crippen molar-refractivity contribution < 1.29 is 5.11 Å². The Hall–Kier alpha value is -0.280. The molecular weight excluding hydrogens is 305 g/mol. The molecule has 1 unspecified atom stereocenters. The second-order valence-corrected chi connectivity index (χ2v) is 6.80. The van der Waals surface area contributed by atoms with Gasteiger partial charge >= 0.3 is 0 Å². The van der Waals surface area contributed by atoms with Gasteiger partial charge < -0.3 is 5.11 Å². The zero-order valence-corrected chi connectivity index (χ0v) is 14.4. The van der Waals surface area contributed by atoms with Gasteiger partial charge in [0.25, 0.3) is 0 Å². The molecule has 0 aromatic heterocycles. The van der Waals surface area contributed by atoms with Crippen molar-refractivity contribution in [1.29, 1.82) is 0 Å². The summed E-state index contributed by atoms with van der Waals surface area (Å²) in [5.74, 6) is 0. The fourth-order valence-corrected chi connectivity index (χ4v) is 4.11. The van der Waals surface area contributed by atoms with Crippen molar-refractivity contribution in [3.63, 3.8) is 0 Å². The lowest BCUT2D eigenvalue weighted by atomic mass is 9.81. The van der Waals surface area contributed by atoms with E-state index in [2.05, 4.69) is 18.7 Å². The van der Waals surface area contributed by atoms with Crippen molar-refractivity contribution >= 4 is 23.2 Å². The highest BCUT2D eigenvalue weighted by Gasteiger charge is 2.41. The highest BCUT2D eigenvalue weighted by Crippen LogP contribution is 2.34. The van der Waals surface area contributed by atoms with Gasteiger partial charge in [-0.25, -0.2) is 0 Å². The van der Waals surface area contributed by atoms with E-state index in [1.54, 1.807) is 6.07 Å². The lowest BCUT2D eigenvalue weighted by Gasteiger charge is -2.44. The van der Waals surface area contributed by atoms with Crippen molar-refractivity contribution in [1.82, 2.24) is 4.90 Å². The zero-order valence-electron chi connectivity index (χ0n) is 12.9. The third kappa shape index (κ3) is 3.56. The molecule has 1 aliphatic rings. The maximum absolute atomic E-state index is 10.9. The number of aliphatic hydroxyl groups is 1. The first-order chi connectivity index (χ1) is 10.0. The summed E-state index contributed by atoms with van der Waals surface area (Å²) < 4.78 is 0. The first-order valence-corrected chi connectivity index (χ1v) is 8.66. The van der Waals surface area contributed by atoms with Crippen LogP contribution in [0.25, 0.3) is 0 Å². The van der Waals surface area contributed by atoms with E-state index in [-0.39, 0.29) is 5.54 Å². The average molecular weight is 330 g/mol. The van der Waals surface area contributed by atoms with Crippen LogP contribution in [0.15, 0.2) is 18.2 Å². The van der Waals surface area contributed by atoms with Crippen LogP contribution < -0.4 is 0 Å². The van der Waals surface area contributed by atoms with Gasteiger partial charge in [0, 0.05) is 22.0 Å². The van der Waals surface area contributed by atoms with Crippen LogP contribution in [-0.2, 0) is 6.42 Å². The van der Waals surface area contributed by atoms with E-state index in [1.807, 2.05) is 12.1 Å². The summed E-state index contributed by atoms with van der Waals surface area (Å²) >= 11 is 12.2. The van der Waals surface area contributed by atoms with E-state index >= 15 is 0 Å². The Kier molecular flexibility index (Phi) is 5.96. The molecule has 1 fully saturated rings. The number of hydrogen-bond acceptors (Lipinski definition) is 2. The monoisotopic (exact) mass is 329 g/mol. The molecular formula is C17H25Cl2NO. The first kappa shape index (κ1) is 17.1. The fourth-order valence-electron chi connectivity index (χ4n) is 3.63. The van der Waals surface area contributed by atoms with Gasteiger partial charge in [-0.2, -0.15) is 0 Å². The number of halogens is 2. The molecule has 0 saturated carbocycles. The molecule has 0 spiro atoms. The topological polar surface area (TPSA) is 23.5 Å². The molecule has 4 heteroatoms. The van der Waals surface area contributed by atoms with Crippen LogP contribution in [0, 0.1) is 0 Å². The average Bonchev–Trinajstić information content (AvgIpc) is 2.99. The van der Waals surface area contributed by atoms with Gasteiger partial charge in [-0.3, -0.25) is 4.90 Å². The SMILES string of the molecule is CCC(CC)(C(O)Cc1ccc(Cl)cc1Cl)N1CCCC1. The fraction of sp³-hybridized carbons (Fsp3) is 0.647. The van der Waals surface area contributed by atoms with E-state index in [1.165, 1.54) is 12.8 Å². The Labute approximate surface area is 138 Å². The maximum atomic E-state index is 10.9. The summed E-state index contributed by atoms with van der Waals surface area (Å²) in [6.07, 6.45) is 4.54. The van der Waals surface area contributed by atoms with E-state index in [4.69, 9.17) is 23.2 Å². The number of benzene rings is 1. The molecule has 1 aliphatic heterocycles. The van der Waals surface area contributed by atoms with Gasteiger partial charge in [0.2, 0.25) is 0 Å². The van der Waals surface area contributed by atoms with E-state index in [0.717, 1.165) is 31.5 Å². The van der Waals surface area contributed by atoms with Crippen molar-refractivity contribution in [3.05, 3.63) is 33.8 Å². The molecule has 1 heterocycles. The third-order valence-electron chi connectivity index (χ3n) is 5.01. The van der Waals surface area contributed by atoms with Crippen LogP contribution in [0.2, 0.25) is 10.0 Å². The Morgan fingerprint density at radius 1 is 1.19 bits per heavy atom. The standard InChI is InChI=1S/C17H25Cl2NO/c1-3-17(4-2,20-9-5-6-10-20)16(21)11-13-7-8-14(18)12-15(13)19/h7-8,12,16,21H,3-6,9-11H2,1-2H3. The largest absolute Gasteiger partial charge is 0.391 e. The van der Waals surface area contributed by atoms with Gasteiger partial charge in [-0.05, 0) is 56.5 Å². The van der Waals surface area contributed by atoms with Gasteiger partial charge in [-0.1, -0.05) is 43.1 Å². The van der Waals surface area contributed by atoms with Crippen molar-refractivity contribution in [2.75, 3.05) is 13.1 Å². The summed E-state index contributed by atoms with van der Waals surface area (Å²) in [5, 5.41) is 12.2. The molecule has 0 amide bonds. The maximum Gasteiger partial charge on any atom is 0.0764 e. The number of rotatable bonds is 6. The smallest absolute Gasteiger partial charge is 0.0764 e. The van der Waals surface area contributed by atoms with Gasteiger partial charge in [0.15, 0.2) is 0 Å². The minimum Gasteiger partial charge on any atom is -0.391 e. The van der Waals surface area contributed by atoms with Crippen molar-refractivity contribution in [3.8, 4) is 0 Å². The van der Waals surface area contributed by atoms with Crippen LogP contribution in [0.5, 0.6) is 0 Å². The predicted octanol–water partition coefficient (Wildman–Crippen LogP) is 4.55. The molecule has 1 atom stereocenters. The van der Waals surface area contributed by atoms with Crippen LogP contribution in [0.3, 0.4) is 0 Å². The second-order valence-electron chi connectivity index (χ2n) is 5.96. The van der Waals surface area contributed by atoms with Crippen LogP contribution in [0.4, 0.5) is 0 Å². The molecule has 2 nitrogen and oxygen atoms in total. The second kappa shape index (κ2) is 7.32. The minimum atomic E-state index is -0.413.